The molecule has 1 saturated heterocycles. The smallest absolute Gasteiger partial charge is 0.152 e. The van der Waals surface area contributed by atoms with Gasteiger partial charge in [-0.3, -0.25) is 4.79 Å². The Morgan fingerprint density at radius 3 is 2.60 bits per heavy atom. The highest BCUT2D eigenvalue weighted by atomic mass is 32.2. The zero-order valence-electron chi connectivity index (χ0n) is 6.13. The molecule has 1 aliphatic rings. The van der Waals surface area contributed by atoms with Gasteiger partial charge in [0.2, 0.25) is 0 Å². The number of thioether (sulfide) groups is 2. The van der Waals surface area contributed by atoms with Gasteiger partial charge in [0.05, 0.1) is 16.1 Å². The van der Waals surface area contributed by atoms with Gasteiger partial charge in [-0.2, -0.15) is 0 Å². The van der Waals surface area contributed by atoms with Crippen LogP contribution < -0.4 is 0 Å². The Balaban J connectivity index is 2.19. The van der Waals surface area contributed by atoms with Crippen LogP contribution >= 0.6 is 23.5 Å². The third-order valence-electron chi connectivity index (χ3n) is 1.38. The lowest BCUT2D eigenvalue weighted by atomic mass is 10.4. The average Bonchev–Trinajstić information content (AvgIpc) is 1.95. The van der Waals surface area contributed by atoms with Crippen molar-refractivity contribution in [3.8, 4) is 0 Å². The molecule has 0 amide bonds. The molecule has 0 unspecified atom stereocenters. The van der Waals surface area contributed by atoms with Crippen LogP contribution in [-0.4, -0.2) is 21.9 Å². The van der Waals surface area contributed by atoms with E-state index in [0.29, 0.717) is 10.4 Å². The second kappa shape index (κ2) is 4.29. The van der Waals surface area contributed by atoms with E-state index in [1.54, 1.807) is 0 Å². The Morgan fingerprint density at radius 1 is 1.50 bits per heavy atom. The van der Waals surface area contributed by atoms with E-state index in [-0.39, 0.29) is 0 Å². The molecule has 0 bridgehead atoms. The molecule has 1 aliphatic heterocycles. The molecule has 0 aromatic heterocycles. The fourth-order valence-corrected chi connectivity index (χ4v) is 3.54. The third-order valence-corrected chi connectivity index (χ3v) is 4.39. The second-order valence-corrected chi connectivity index (χ2v) is 5.06. The molecule has 0 aromatic rings. The zero-order valence-corrected chi connectivity index (χ0v) is 7.76. The normalized spacial score (nSPS) is 21.5. The van der Waals surface area contributed by atoms with Crippen molar-refractivity contribution in [1.29, 1.82) is 0 Å². The van der Waals surface area contributed by atoms with Crippen LogP contribution in [-0.2, 0) is 4.79 Å². The summed E-state index contributed by atoms with van der Waals surface area (Å²) in [4.78, 5) is 10.8. The molecule has 10 heavy (non-hydrogen) atoms. The number of hydrogen-bond donors (Lipinski definition) is 0. The summed E-state index contributed by atoms with van der Waals surface area (Å²) in [5.41, 5.74) is 0. The molecule has 1 rings (SSSR count). The lowest BCUT2D eigenvalue weighted by Gasteiger charge is -2.18. The summed E-state index contributed by atoms with van der Waals surface area (Å²) in [7, 11) is 0. The standard InChI is InChI=1S/C7H12OS2/c1-2-3-7-9-4-6(8)5-10-7/h7H,2-5H2,1H3. The molecular weight excluding hydrogens is 164 g/mol. The van der Waals surface area contributed by atoms with Crippen LogP contribution in [0.2, 0.25) is 0 Å². The lowest BCUT2D eigenvalue weighted by molar-refractivity contribution is -0.114. The molecule has 0 spiro atoms. The SMILES string of the molecule is CCCC1SCC(=O)CS1. The van der Waals surface area contributed by atoms with Gasteiger partial charge in [0.15, 0.2) is 5.78 Å². The summed E-state index contributed by atoms with van der Waals surface area (Å²) in [6.07, 6.45) is 2.49. The maximum atomic E-state index is 10.8. The largest absolute Gasteiger partial charge is 0.298 e. The van der Waals surface area contributed by atoms with Crippen molar-refractivity contribution in [3.05, 3.63) is 0 Å². The first kappa shape index (κ1) is 8.47. The van der Waals surface area contributed by atoms with Crippen LogP contribution in [0.4, 0.5) is 0 Å². The summed E-state index contributed by atoms with van der Waals surface area (Å²) in [5, 5.41) is 0. The summed E-state index contributed by atoms with van der Waals surface area (Å²) >= 11 is 3.62. The van der Waals surface area contributed by atoms with Crippen molar-refractivity contribution in [1.82, 2.24) is 0 Å². The van der Waals surface area contributed by atoms with Gasteiger partial charge in [-0.15, -0.1) is 23.5 Å². The van der Waals surface area contributed by atoms with Crippen molar-refractivity contribution >= 4 is 29.3 Å². The Labute approximate surface area is 70.3 Å². The molecular formula is C7H12OS2. The van der Waals surface area contributed by atoms with E-state index in [9.17, 15) is 4.79 Å². The summed E-state index contributed by atoms with van der Waals surface area (Å²) < 4.78 is 0.697. The average molecular weight is 176 g/mol. The zero-order chi connectivity index (χ0) is 7.40. The Kier molecular flexibility index (Phi) is 3.63. The number of carbonyl (C=O) groups excluding carboxylic acids is 1. The Hall–Kier alpha value is 0.370. The first-order chi connectivity index (χ1) is 4.83. The first-order valence-electron chi connectivity index (χ1n) is 3.58. The maximum Gasteiger partial charge on any atom is 0.152 e. The van der Waals surface area contributed by atoms with E-state index in [0.717, 1.165) is 11.5 Å². The summed E-state index contributed by atoms with van der Waals surface area (Å²) in [5.74, 6) is 1.90. The summed E-state index contributed by atoms with van der Waals surface area (Å²) in [6.45, 7) is 2.19. The minimum atomic E-state index is 0.405. The van der Waals surface area contributed by atoms with Crippen LogP contribution in [0.1, 0.15) is 19.8 Å². The minimum absolute atomic E-state index is 0.405. The summed E-state index contributed by atoms with van der Waals surface area (Å²) in [6, 6.07) is 0. The van der Waals surface area contributed by atoms with Gasteiger partial charge in [-0.1, -0.05) is 13.3 Å². The predicted molar refractivity (Wildman–Crippen MR) is 48.6 cm³/mol. The Morgan fingerprint density at radius 2 is 2.10 bits per heavy atom. The number of carbonyl (C=O) groups is 1. The molecule has 0 atom stereocenters. The van der Waals surface area contributed by atoms with Gasteiger partial charge in [0.25, 0.3) is 0 Å². The molecule has 1 heterocycles. The molecule has 0 N–H and O–H groups in total. The van der Waals surface area contributed by atoms with E-state index in [2.05, 4.69) is 6.92 Å². The van der Waals surface area contributed by atoms with Crippen molar-refractivity contribution in [2.45, 2.75) is 24.3 Å². The van der Waals surface area contributed by atoms with E-state index in [1.165, 1.54) is 12.8 Å². The van der Waals surface area contributed by atoms with Crippen molar-refractivity contribution < 1.29 is 4.79 Å². The predicted octanol–water partition coefficient (Wildman–Crippen LogP) is 2.16. The molecule has 1 nitrogen and oxygen atoms in total. The van der Waals surface area contributed by atoms with Crippen LogP contribution in [0.5, 0.6) is 0 Å². The monoisotopic (exact) mass is 176 g/mol. The molecule has 3 heteroatoms. The highest BCUT2D eigenvalue weighted by Gasteiger charge is 2.18. The molecule has 0 aliphatic carbocycles. The Bertz CT molecular complexity index is 115. The van der Waals surface area contributed by atoms with Gasteiger partial charge in [-0.05, 0) is 6.42 Å². The third kappa shape index (κ3) is 2.54. The van der Waals surface area contributed by atoms with Crippen molar-refractivity contribution in [3.63, 3.8) is 0 Å². The van der Waals surface area contributed by atoms with Gasteiger partial charge < -0.3 is 0 Å². The fourth-order valence-electron chi connectivity index (χ4n) is 0.864. The highest BCUT2D eigenvalue weighted by Crippen LogP contribution is 2.31. The lowest BCUT2D eigenvalue weighted by Crippen LogP contribution is -2.16. The molecule has 0 aromatic carbocycles. The highest BCUT2D eigenvalue weighted by molar-refractivity contribution is 8.18. The van der Waals surface area contributed by atoms with E-state index in [4.69, 9.17) is 0 Å². The molecule has 0 saturated carbocycles. The van der Waals surface area contributed by atoms with Crippen LogP contribution in [0.3, 0.4) is 0 Å². The van der Waals surface area contributed by atoms with Crippen molar-refractivity contribution in [2.24, 2.45) is 0 Å². The molecule has 0 radical (unpaired) electrons. The van der Waals surface area contributed by atoms with Gasteiger partial charge >= 0.3 is 0 Å². The molecule has 58 valence electrons. The molecule has 1 fully saturated rings. The first-order valence-corrected chi connectivity index (χ1v) is 5.67. The van der Waals surface area contributed by atoms with Crippen molar-refractivity contribution in [2.75, 3.05) is 11.5 Å². The fraction of sp³-hybridized carbons (Fsp3) is 0.857. The quantitative estimate of drug-likeness (QED) is 0.642. The van der Waals surface area contributed by atoms with Crippen LogP contribution in [0.25, 0.3) is 0 Å². The number of hydrogen-bond acceptors (Lipinski definition) is 3. The topological polar surface area (TPSA) is 17.1 Å². The number of ketones is 1. The maximum absolute atomic E-state index is 10.8. The van der Waals surface area contributed by atoms with Crippen LogP contribution in [0.15, 0.2) is 0 Å². The van der Waals surface area contributed by atoms with E-state index >= 15 is 0 Å². The second-order valence-electron chi connectivity index (χ2n) is 2.38. The number of rotatable bonds is 2. The van der Waals surface area contributed by atoms with Gasteiger partial charge in [-0.25, -0.2) is 0 Å². The van der Waals surface area contributed by atoms with Gasteiger partial charge in [0, 0.05) is 0 Å². The minimum Gasteiger partial charge on any atom is -0.298 e. The van der Waals surface area contributed by atoms with E-state index in [1.807, 2.05) is 23.5 Å². The van der Waals surface area contributed by atoms with Crippen LogP contribution in [0, 0.1) is 0 Å². The van der Waals surface area contributed by atoms with Gasteiger partial charge in [0.1, 0.15) is 0 Å². The number of Topliss-reactive ketones (excluding diaryl/α,β-unsaturated/α-hetero) is 1. The van der Waals surface area contributed by atoms with E-state index < -0.39 is 0 Å².